The van der Waals surface area contributed by atoms with Crippen LogP contribution in [-0.4, -0.2) is 191 Å². The molecule has 0 amide bonds. The van der Waals surface area contributed by atoms with Crippen LogP contribution in [0, 0.1) is 0 Å². The molecule has 0 N–H and O–H groups in total. The predicted molar refractivity (Wildman–Crippen MR) is 167 cm³/mol. The van der Waals surface area contributed by atoms with Crippen molar-refractivity contribution in [3.8, 4) is 0 Å². The number of hydrogen-bond donors (Lipinski definition) is 0. The van der Waals surface area contributed by atoms with E-state index in [4.69, 9.17) is 0 Å². The minimum Gasteiger partial charge on any atom is -0.264 e. The van der Waals surface area contributed by atoms with E-state index in [2.05, 4.69) is 0 Å². The molecule has 0 rings (SSSR count). The average molecular weight is 1680 g/mol. The molecule has 4 atom stereocenters. The molecule has 0 heterocycles. The summed E-state index contributed by atoms with van der Waals surface area (Å²) in [6.07, 6.45) is -88.8. The molecule has 0 radical (unpaired) electrons. The lowest BCUT2D eigenvalue weighted by Crippen LogP contribution is -2.84. The molecule has 0 aliphatic carbocycles. The summed E-state index contributed by atoms with van der Waals surface area (Å²) in [5.74, 6) is -249. The SMILES string of the molecule is FC(F)(F)C(F)(F)C(F)(F)OC(F)(C(F)(F)F)C(F)(F)C(F)(CC(F)(C(F)(F)C(F)(F)C(F)(F)C(F)(F)C(F)(F)C(F)(F)C(F)(F)C(F)(F)C(F)(F)F)C(F)(F)C(F)(OC(F)(F)C(F)(F)C(F)(F)F)C(F)(F)F)C(F)(F)C(F)(F)C(F)(F)C(F)(F)C(F)(F)C(F)(F)C(F)(F)C(F)(F)C(F)(F)F. The topological polar surface area (TPSA) is 18.5 Å². The molecule has 68 heteroatoms. The molecule has 0 aliphatic rings. The molecule has 0 spiro atoms. The summed E-state index contributed by atoms with van der Waals surface area (Å²) in [7, 11) is 0. The van der Waals surface area contributed by atoms with Gasteiger partial charge in [0.25, 0.3) is 11.3 Å². The summed E-state index contributed by atoms with van der Waals surface area (Å²) in [6.45, 7) is 0. The third-order valence-electron chi connectivity index (χ3n) is 12.2. The van der Waals surface area contributed by atoms with E-state index in [9.17, 15) is 220 Å². The maximum atomic E-state index is 16.9. The van der Waals surface area contributed by atoms with Crippen LogP contribution >= 0.6 is 0 Å². The Balaban J connectivity index is 11.5. The third kappa shape index (κ3) is 11.8. The van der Waals surface area contributed by atoms with Crippen LogP contribution in [0.1, 0.15) is 6.42 Å². The van der Waals surface area contributed by atoms with E-state index in [1.807, 2.05) is 0 Å². The van der Waals surface area contributed by atoms with Crippen LogP contribution in [0.15, 0.2) is 0 Å². The summed E-state index contributed by atoms with van der Waals surface area (Å²) < 4.78 is 940. The van der Waals surface area contributed by atoms with E-state index in [0.717, 1.165) is 0 Å². The van der Waals surface area contributed by atoms with Crippen LogP contribution in [0.25, 0.3) is 0 Å². The van der Waals surface area contributed by atoms with Crippen LogP contribution in [-0.2, 0) is 9.47 Å². The Kier molecular flexibility index (Phi) is 22.3. The normalized spacial score (nSPS) is 19.4. The Labute approximate surface area is 498 Å². The molecular formula is C33H2F66O2. The minimum atomic E-state index is -12.8. The fraction of sp³-hybridized carbons (Fsp3) is 1.00. The molecule has 0 aliphatic heterocycles. The van der Waals surface area contributed by atoms with E-state index in [-0.39, 0.29) is 9.47 Å². The summed E-state index contributed by atoms with van der Waals surface area (Å²) in [5, 5.41) is 0. The Hall–Kier alpha value is -4.70. The quantitative estimate of drug-likeness (QED) is 0.0727. The molecule has 101 heavy (non-hydrogen) atoms. The first kappa shape index (κ1) is 96.3. The molecule has 0 aromatic rings. The van der Waals surface area contributed by atoms with Gasteiger partial charge in [0, 0.05) is 6.42 Å². The van der Waals surface area contributed by atoms with Crippen molar-refractivity contribution in [2.45, 2.75) is 197 Å². The zero-order chi connectivity index (χ0) is 84.1. The van der Waals surface area contributed by atoms with Crippen LogP contribution in [0.2, 0.25) is 0 Å². The lowest BCUT2D eigenvalue weighted by molar-refractivity contribution is -0.536. The van der Waals surface area contributed by atoms with Gasteiger partial charge in [-0.05, 0) is 0 Å². The monoisotopic (exact) mass is 1680 g/mol. The first-order valence-electron chi connectivity index (χ1n) is 21.0. The third-order valence-corrected chi connectivity index (χ3v) is 12.2. The smallest absolute Gasteiger partial charge is 0.264 e. The van der Waals surface area contributed by atoms with Crippen molar-refractivity contribution < 1.29 is 299 Å². The molecule has 0 aromatic carbocycles. The molecule has 0 saturated heterocycles. The predicted octanol–water partition coefficient (Wildman–Crippen LogP) is 21.4. The first-order chi connectivity index (χ1) is 42.1. The van der Waals surface area contributed by atoms with Gasteiger partial charge in [0.2, 0.25) is 0 Å². The van der Waals surface area contributed by atoms with Crippen molar-refractivity contribution in [2.75, 3.05) is 0 Å². The highest BCUT2D eigenvalue weighted by Gasteiger charge is 3.05. The van der Waals surface area contributed by atoms with Gasteiger partial charge in [0.05, 0.1) is 0 Å². The minimum absolute atomic E-state index is 0.0374. The van der Waals surface area contributed by atoms with E-state index >= 15 is 70.2 Å². The van der Waals surface area contributed by atoms with E-state index < -0.39 is 197 Å². The largest absolute Gasteiger partial charge is 0.462 e. The number of rotatable bonds is 28. The van der Waals surface area contributed by atoms with Gasteiger partial charge in [-0.15, -0.1) is 0 Å². The molecule has 0 saturated carbocycles. The summed E-state index contributed by atoms with van der Waals surface area (Å²) in [6, 6.07) is 0. The fourth-order valence-electron chi connectivity index (χ4n) is 6.31. The van der Waals surface area contributed by atoms with Crippen LogP contribution in [0.4, 0.5) is 290 Å². The van der Waals surface area contributed by atoms with Crippen molar-refractivity contribution in [1.82, 2.24) is 0 Å². The number of hydrogen-bond acceptors (Lipinski definition) is 2. The second kappa shape index (κ2) is 23.4. The fourth-order valence-corrected chi connectivity index (χ4v) is 6.31. The van der Waals surface area contributed by atoms with Gasteiger partial charge in [-0.2, -0.15) is 281 Å². The zero-order valence-corrected chi connectivity index (χ0v) is 42.5. The molecule has 4 unspecified atom stereocenters. The van der Waals surface area contributed by atoms with Crippen LogP contribution in [0.3, 0.4) is 0 Å². The Morgan fingerprint density at radius 3 is 0.356 bits per heavy atom. The highest BCUT2D eigenvalue weighted by Crippen LogP contribution is 2.75. The molecule has 0 fully saturated rings. The summed E-state index contributed by atoms with van der Waals surface area (Å²) >= 11 is 0. The first-order valence-corrected chi connectivity index (χ1v) is 21.0. The summed E-state index contributed by atoms with van der Waals surface area (Å²) in [5.41, 5.74) is -25.6. The highest BCUT2D eigenvalue weighted by molar-refractivity contribution is 5.29. The van der Waals surface area contributed by atoms with Gasteiger partial charge in [-0.1, -0.05) is 0 Å². The lowest BCUT2D eigenvalue weighted by Gasteiger charge is -2.54. The van der Waals surface area contributed by atoms with Gasteiger partial charge in [-0.25, -0.2) is 8.78 Å². The maximum Gasteiger partial charge on any atom is 0.462 e. The zero-order valence-electron chi connectivity index (χ0n) is 42.5. The van der Waals surface area contributed by atoms with Crippen molar-refractivity contribution in [3.63, 3.8) is 0 Å². The van der Waals surface area contributed by atoms with E-state index in [0.29, 0.717) is 0 Å². The van der Waals surface area contributed by atoms with Crippen LogP contribution < -0.4 is 0 Å². The van der Waals surface area contributed by atoms with Gasteiger partial charge in [-0.3, -0.25) is 9.47 Å². The molecule has 0 aromatic heterocycles. The van der Waals surface area contributed by atoms with E-state index in [1.165, 1.54) is 0 Å². The molecule has 2 nitrogen and oxygen atoms in total. The van der Waals surface area contributed by atoms with E-state index in [1.54, 1.807) is 0 Å². The van der Waals surface area contributed by atoms with Gasteiger partial charge < -0.3 is 0 Å². The van der Waals surface area contributed by atoms with Crippen molar-refractivity contribution in [3.05, 3.63) is 0 Å². The van der Waals surface area contributed by atoms with Crippen molar-refractivity contribution in [1.29, 1.82) is 0 Å². The second-order valence-corrected chi connectivity index (χ2v) is 18.7. The molecule has 608 valence electrons. The summed E-state index contributed by atoms with van der Waals surface area (Å²) in [4.78, 5) is 0. The number of halogens is 66. The average Bonchev–Trinajstić information content (AvgIpc) is 0.665. The Morgan fingerprint density at radius 2 is 0.238 bits per heavy atom. The standard InChI is InChI=1S/C33H2F66O2/c34-2(6(40,41)24(76,30(90,91)92)100-32(96,97)22(72,73)28(84,85)86,4(36,37)8(44,45)10(48,49)12(52,53)14(56,57)16(60,61)18(64,65)20(68,69)26(78,79)80)1-3(35,7(42,43)25(77,31(93,94)95)101-33(98,99)23(74,75)29(87,88)89)5(38,39)9(46,47)11(50,51)13(54,55)15(58,59)17(62,63)19(66,67)21(70,71)27(81,82)83/h1H2. The maximum absolute atomic E-state index is 16.9. The second-order valence-electron chi connectivity index (χ2n) is 18.7. The Bertz CT molecular complexity index is 2730. The van der Waals surface area contributed by atoms with Gasteiger partial charge in [0.15, 0.2) is 0 Å². The number of ether oxygens (including phenoxy) is 2. The number of alkyl halides is 66. The van der Waals surface area contributed by atoms with Crippen molar-refractivity contribution in [2.24, 2.45) is 0 Å². The lowest BCUT2D eigenvalue weighted by atomic mass is 9.67. The highest BCUT2D eigenvalue weighted by atomic mass is 19.5. The Morgan fingerprint density at radius 1 is 0.119 bits per heavy atom. The van der Waals surface area contributed by atoms with Crippen molar-refractivity contribution >= 4 is 0 Å². The molecular weight excluding hydrogens is 1680 g/mol. The van der Waals surface area contributed by atoms with Gasteiger partial charge >= 0.3 is 179 Å². The van der Waals surface area contributed by atoms with Gasteiger partial charge in [0.1, 0.15) is 0 Å². The van der Waals surface area contributed by atoms with Crippen LogP contribution in [0.5, 0.6) is 0 Å². The molecule has 0 bridgehead atoms.